The molecule has 144 valence electrons. The van der Waals surface area contributed by atoms with Gasteiger partial charge in [-0.15, -0.1) is 0 Å². The molecule has 0 bridgehead atoms. The zero-order chi connectivity index (χ0) is 19.9. The minimum Gasteiger partial charge on any atom is -0.394 e. The van der Waals surface area contributed by atoms with Crippen LogP contribution in [-0.2, 0) is 22.6 Å². The average Bonchev–Trinajstić information content (AvgIpc) is 2.71. The Bertz CT molecular complexity index is 973. The van der Waals surface area contributed by atoms with Crippen molar-refractivity contribution < 1.29 is 14.7 Å². The SMILES string of the molecule is O=C(Cc1ccc2ccccc2c1)NC(CO)C(=O)NCc1ccc(Cl)cc1. The van der Waals surface area contributed by atoms with Crippen molar-refractivity contribution in [3.63, 3.8) is 0 Å². The van der Waals surface area contributed by atoms with Gasteiger partial charge in [0.1, 0.15) is 6.04 Å². The normalized spacial score (nSPS) is 11.8. The standard InChI is InChI=1S/C22H21ClN2O3/c23-19-9-6-15(7-10-19)13-24-22(28)20(14-26)25-21(27)12-16-5-8-17-3-1-2-4-18(17)11-16/h1-11,20,26H,12-14H2,(H,24,28)(H,25,27). The second kappa shape index (κ2) is 9.35. The van der Waals surface area contributed by atoms with Gasteiger partial charge in [-0.2, -0.15) is 0 Å². The molecule has 0 saturated carbocycles. The van der Waals surface area contributed by atoms with E-state index in [1.807, 2.05) is 42.5 Å². The molecule has 2 amide bonds. The number of rotatable bonds is 7. The van der Waals surface area contributed by atoms with E-state index in [2.05, 4.69) is 10.6 Å². The predicted molar refractivity (Wildman–Crippen MR) is 110 cm³/mol. The van der Waals surface area contributed by atoms with Crippen molar-refractivity contribution in [3.8, 4) is 0 Å². The van der Waals surface area contributed by atoms with E-state index in [4.69, 9.17) is 11.6 Å². The van der Waals surface area contributed by atoms with Gasteiger partial charge in [0.25, 0.3) is 0 Å². The monoisotopic (exact) mass is 396 g/mol. The van der Waals surface area contributed by atoms with Gasteiger partial charge in [-0.25, -0.2) is 0 Å². The number of carbonyl (C=O) groups excluding carboxylic acids is 2. The van der Waals surface area contributed by atoms with Crippen molar-refractivity contribution >= 4 is 34.2 Å². The molecule has 0 saturated heterocycles. The number of aliphatic hydroxyl groups is 1. The summed E-state index contributed by atoms with van der Waals surface area (Å²) in [7, 11) is 0. The Morgan fingerprint density at radius 3 is 2.32 bits per heavy atom. The largest absolute Gasteiger partial charge is 0.394 e. The molecule has 0 radical (unpaired) electrons. The molecule has 1 atom stereocenters. The molecule has 3 aromatic rings. The smallest absolute Gasteiger partial charge is 0.245 e. The number of benzene rings is 3. The Morgan fingerprint density at radius 1 is 0.929 bits per heavy atom. The number of nitrogens with one attached hydrogen (secondary N) is 2. The lowest BCUT2D eigenvalue weighted by Crippen LogP contribution is -2.49. The lowest BCUT2D eigenvalue weighted by molar-refractivity contribution is -0.129. The summed E-state index contributed by atoms with van der Waals surface area (Å²) in [5.41, 5.74) is 1.71. The fourth-order valence-electron chi connectivity index (χ4n) is 2.89. The van der Waals surface area contributed by atoms with Crippen LogP contribution < -0.4 is 10.6 Å². The Morgan fingerprint density at radius 2 is 1.61 bits per heavy atom. The third-order valence-corrected chi connectivity index (χ3v) is 4.64. The topological polar surface area (TPSA) is 78.4 Å². The third kappa shape index (κ3) is 5.31. The summed E-state index contributed by atoms with van der Waals surface area (Å²) >= 11 is 5.84. The summed E-state index contributed by atoms with van der Waals surface area (Å²) < 4.78 is 0. The molecule has 5 nitrogen and oxygen atoms in total. The Kier molecular flexibility index (Phi) is 6.63. The van der Waals surface area contributed by atoms with E-state index in [0.29, 0.717) is 5.02 Å². The lowest BCUT2D eigenvalue weighted by Gasteiger charge is -2.16. The van der Waals surface area contributed by atoms with Crippen LogP contribution in [0.5, 0.6) is 0 Å². The van der Waals surface area contributed by atoms with E-state index >= 15 is 0 Å². The highest BCUT2D eigenvalue weighted by Crippen LogP contribution is 2.16. The first kappa shape index (κ1) is 19.9. The number of amides is 2. The Hall–Kier alpha value is -2.89. The molecule has 0 spiro atoms. The molecule has 6 heteroatoms. The fourth-order valence-corrected chi connectivity index (χ4v) is 3.01. The van der Waals surface area contributed by atoms with Crippen molar-refractivity contribution in [2.75, 3.05) is 6.61 Å². The molecule has 0 fully saturated rings. The van der Waals surface area contributed by atoms with E-state index in [0.717, 1.165) is 21.9 Å². The van der Waals surface area contributed by atoms with Crippen molar-refractivity contribution in [1.82, 2.24) is 10.6 Å². The van der Waals surface area contributed by atoms with Crippen LogP contribution in [0.4, 0.5) is 0 Å². The summed E-state index contributed by atoms with van der Waals surface area (Å²) in [5, 5.41) is 17.5. The van der Waals surface area contributed by atoms with Gasteiger partial charge < -0.3 is 15.7 Å². The molecule has 1 unspecified atom stereocenters. The number of halogens is 1. The van der Waals surface area contributed by atoms with Gasteiger partial charge in [0.15, 0.2) is 0 Å². The van der Waals surface area contributed by atoms with Crippen molar-refractivity contribution in [3.05, 3.63) is 82.9 Å². The van der Waals surface area contributed by atoms with Gasteiger partial charge in [0.2, 0.25) is 11.8 Å². The van der Waals surface area contributed by atoms with Gasteiger partial charge in [0.05, 0.1) is 13.0 Å². The van der Waals surface area contributed by atoms with Crippen molar-refractivity contribution in [2.24, 2.45) is 0 Å². The summed E-state index contributed by atoms with van der Waals surface area (Å²) in [6.07, 6.45) is 0.131. The molecule has 0 heterocycles. The summed E-state index contributed by atoms with van der Waals surface area (Å²) in [4.78, 5) is 24.6. The number of hydrogen-bond acceptors (Lipinski definition) is 3. The van der Waals surface area contributed by atoms with Gasteiger partial charge in [-0.1, -0.05) is 66.2 Å². The Labute approximate surface area is 168 Å². The molecule has 28 heavy (non-hydrogen) atoms. The van der Waals surface area contributed by atoms with Gasteiger partial charge >= 0.3 is 0 Å². The third-order valence-electron chi connectivity index (χ3n) is 4.39. The van der Waals surface area contributed by atoms with Crippen LogP contribution in [0, 0.1) is 0 Å². The number of fused-ring (bicyclic) bond motifs is 1. The van der Waals surface area contributed by atoms with Crippen molar-refractivity contribution in [2.45, 2.75) is 19.0 Å². The molecule has 0 aromatic heterocycles. The van der Waals surface area contributed by atoms with Crippen LogP contribution in [0.2, 0.25) is 5.02 Å². The maximum atomic E-state index is 12.3. The van der Waals surface area contributed by atoms with E-state index in [1.54, 1.807) is 24.3 Å². The first-order valence-corrected chi connectivity index (χ1v) is 9.33. The Balaban J connectivity index is 1.55. The number of carbonyl (C=O) groups is 2. The lowest BCUT2D eigenvalue weighted by atomic mass is 10.0. The molecular formula is C22H21ClN2O3. The molecule has 0 aliphatic carbocycles. The van der Waals surface area contributed by atoms with Gasteiger partial charge in [-0.3, -0.25) is 9.59 Å². The second-order valence-electron chi connectivity index (χ2n) is 6.51. The van der Waals surface area contributed by atoms with Crippen LogP contribution in [0.1, 0.15) is 11.1 Å². The number of hydrogen-bond donors (Lipinski definition) is 3. The zero-order valence-electron chi connectivity index (χ0n) is 15.2. The molecule has 0 aliphatic rings. The van der Waals surface area contributed by atoms with Crippen molar-refractivity contribution in [1.29, 1.82) is 0 Å². The highest BCUT2D eigenvalue weighted by atomic mass is 35.5. The molecule has 3 rings (SSSR count). The first-order chi connectivity index (χ1) is 13.5. The summed E-state index contributed by atoms with van der Waals surface area (Å²) in [6.45, 7) is -0.192. The summed E-state index contributed by atoms with van der Waals surface area (Å²) in [6, 6.07) is 19.8. The first-order valence-electron chi connectivity index (χ1n) is 8.95. The molecule has 3 N–H and O–H groups in total. The highest BCUT2D eigenvalue weighted by molar-refractivity contribution is 6.30. The van der Waals surface area contributed by atoms with Gasteiger partial charge in [0, 0.05) is 11.6 Å². The maximum absolute atomic E-state index is 12.3. The average molecular weight is 397 g/mol. The minimum atomic E-state index is -1.000. The summed E-state index contributed by atoms with van der Waals surface area (Å²) in [5.74, 6) is -0.764. The van der Waals surface area contributed by atoms with Crippen LogP contribution in [0.15, 0.2) is 66.7 Å². The zero-order valence-corrected chi connectivity index (χ0v) is 15.9. The van der Waals surface area contributed by atoms with E-state index in [1.165, 1.54) is 0 Å². The quantitative estimate of drug-likeness (QED) is 0.574. The van der Waals surface area contributed by atoms with Crippen LogP contribution in [0.3, 0.4) is 0 Å². The van der Waals surface area contributed by atoms with E-state index in [-0.39, 0.29) is 18.9 Å². The van der Waals surface area contributed by atoms with Crippen LogP contribution in [0.25, 0.3) is 10.8 Å². The maximum Gasteiger partial charge on any atom is 0.245 e. The van der Waals surface area contributed by atoms with E-state index in [9.17, 15) is 14.7 Å². The highest BCUT2D eigenvalue weighted by Gasteiger charge is 2.19. The van der Waals surface area contributed by atoms with E-state index < -0.39 is 18.6 Å². The predicted octanol–water partition coefficient (Wildman–Crippen LogP) is 2.83. The van der Waals surface area contributed by atoms with Gasteiger partial charge in [-0.05, 0) is 34.0 Å². The molecule has 0 aliphatic heterocycles. The number of aliphatic hydroxyl groups excluding tert-OH is 1. The van der Waals surface area contributed by atoms with Crippen LogP contribution in [-0.4, -0.2) is 29.6 Å². The molecule has 3 aromatic carbocycles. The van der Waals surface area contributed by atoms with Crippen LogP contribution >= 0.6 is 11.6 Å². The molecular weight excluding hydrogens is 376 g/mol. The second-order valence-corrected chi connectivity index (χ2v) is 6.94. The minimum absolute atomic E-state index is 0.131. The fraction of sp³-hybridized carbons (Fsp3) is 0.182.